The number of nitrogens with zero attached hydrogens (tertiary/aromatic N) is 5. The topological polar surface area (TPSA) is 286 Å². The number of sulfonamides is 2. The van der Waals surface area contributed by atoms with Crippen molar-refractivity contribution < 1.29 is 104 Å². The Labute approximate surface area is 720 Å². The third-order valence-corrected chi connectivity index (χ3v) is 21.7. The molecule has 10 rings (SSSR count). The standard InChI is InChI=1S/2C45H47N3O4.C2H3F3NO4S2.CHF3O3S/c2*1-7-47(28-30-51-44(49)32(3)4)37-22-18-34(19-23-37)43(35-20-24-38(25-21-35)48(8-2)29-31-52-45(50)33(5)6)41-26-27-42(40-17-13-12-16-39(40)41)46-36-14-10-9-11-15-36;1-11(7,8)6-12(9,10)2(3,4)5;2-1(3,4)8(5,6)7/h2*9-27H,3,5,7-8,28-31H2,1-2,4,6H3;1H3;(H,5,6,7)/q;;-1;/p+1. The van der Waals surface area contributed by atoms with Gasteiger partial charge >= 0.3 is 34.9 Å². The minimum atomic E-state index is -6.09. The molecule has 2 aliphatic rings. The maximum absolute atomic E-state index is 11.9. The fourth-order valence-corrected chi connectivity index (χ4v) is 14.3. The number of likely N-dealkylation sites (N-methyl/N-ethyl adjacent to an activating group) is 4. The molecular formula is C93H99F6N7O15S3. The number of anilines is 4. The van der Waals surface area contributed by atoms with E-state index < -0.39 is 41.2 Å². The Kier molecular flexibility index (Phi) is 36.2. The van der Waals surface area contributed by atoms with E-state index in [0.29, 0.717) is 48.5 Å². The second-order valence-electron chi connectivity index (χ2n) is 27.9. The number of rotatable bonds is 32. The Morgan fingerprint density at radius 2 is 0.605 bits per heavy atom. The third-order valence-electron chi connectivity index (χ3n) is 18.7. The molecule has 8 aromatic carbocycles. The van der Waals surface area contributed by atoms with Crippen LogP contribution in [0.3, 0.4) is 0 Å². The first-order chi connectivity index (χ1) is 58.6. The monoisotopic (exact) mass is 1760 g/mol. The summed E-state index contributed by atoms with van der Waals surface area (Å²) in [4.78, 5) is 63.8. The number of alkyl halides is 6. The molecule has 8 aromatic rings. The van der Waals surface area contributed by atoms with Crippen LogP contribution in [-0.2, 0) is 68.3 Å². The van der Waals surface area contributed by atoms with Gasteiger partial charge in [-0.25, -0.2) is 54.4 Å². The van der Waals surface area contributed by atoms with Crippen molar-refractivity contribution in [3.63, 3.8) is 0 Å². The molecule has 0 atom stereocenters. The third kappa shape index (κ3) is 28.8. The van der Waals surface area contributed by atoms with Crippen molar-refractivity contribution in [1.29, 1.82) is 0 Å². The summed E-state index contributed by atoms with van der Waals surface area (Å²) in [5, 5.41) is 0. The zero-order valence-corrected chi connectivity index (χ0v) is 72.6. The van der Waals surface area contributed by atoms with Crippen LogP contribution in [0.25, 0.3) is 26.4 Å². The van der Waals surface area contributed by atoms with Crippen LogP contribution >= 0.6 is 0 Å². The first kappa shape index (κ1) is 98.6. The number of esters is 4. The summed E-state index contributed by atoms with van der Waals surface area (Å²) in [5.41, 5.74) is 11.9. The number of nitrogens with one attached hydrogen (secondary N) is 2. The van der Waals surface area contributed by atoms with Gasteiger partial charge in [-0.15, -0.1) is 0 Å². The minimum absolute atomic E-state index is 0.246. The van der Waals surface area contributed by atoms with E-state index in [-0.39, 0.29) is 56.6 Å². The van der Waals surface area contributed by atoms with E-state index in [1.165, 1.54) is 0 Å². The van der Waals surface area contributed by atoms with Crippen LogP contribution in [0.5, 0.6) is 0 Å². The highest BCUT2D eigenvalue weighted by molar-refractivity contribution is 8.12. The lowest BCUT2D eigenvalue weighted by Crippen LogP contribution is -2.66. The molecule has 0 radical (unpaired) electrons. The highest BCUT2D eigenvalue weighted by Crippen LogP contribution is 2.41. The quantitative estimate of drug-likeness (QED) is 0.00989. The van der Waals surface area contributed by atoms with Crippen LogP contribution < -0.4 is 29.6 Å². The summed E-state index contributed by atoms with van der Waals surface area (Å²) in [7, 11) is -16.6. The number of hydrogen-bond donors (Lipinski definition) is 2. The fourth-order valence-electron chi connectivity index (χ4n) is 12.5. The number of fused-ring (bicyclic) bond motifs is 2. The molecule has 124 heavy (non-hydrogen) atoms. The van der Waals surface area contributed by atoms with E-state index in [2.05, 4.69) is 278 Å². The van der Waals surface area contributed by atoms with Gasteiger partial charge in [0.05, 0.1) is 47.3 Å². The molecule has 0 unspecified atom stereocenters. The molecule has 0 saturated carbocycles. The van der Waals surface area contributed by atoms with Crippen LogP contribution in [0.15, 0.2) is 279 Å². The fraction of sp³-hybridized carbons (Fsp3) is 0.247. The number of allylic oxidation sites excluding steroid dienone is 6. The number of hydrogen-bond acceptors (Lipinski definition) is 19. The number of benzene rings is 8. The van der Waals surface area contributed by atoms with Gasteiger partial charge in [0.25, 0.3) is 0 Å². The molecule has 0 aromatic heterocycles. The van der Waals surface area contributed by atoms with Crippen molar-refractivity contribution in [1.82, 2.24) is 0 Å². The smallest absolute Gasteiger partial charge is 0.485 e. The van der Waals surface area contributed by atoms with Gasteiger partial charge in [0.1, 0.15) is 26.4 Å². The number of ether oxygens (including phenoxy) is 4. The SMILES string of the molecule is C=C(C)C(=O)OCCN(CC)c1ccc(C(=C2C=CC(=[NH+]c3ccccc3)c3ccccc32)c2ccc(N(CC)CCOC(=O)C(=C)C)cc2)cc1.C=C(C)C(=O)OCCN(CC)c1ccc(C(=C2C=CC(=[NH+]c3ccccc3)c3ccccc32)c2ccc(N(CC)CCOC(=O)C(=C)C)cc2)cc1.CS(=O)(=O)[N-]S(=O)(=O)C(F)(F)F.O=S(=O)([O-])C(F)(F)F. The van der Waals surface area contributed by atoms with Gasteiger partial charge in [0.2, 0.25) is 22.8 Å². The second-order valence-corrected chi connectivity index (χ2v) is 32.8. The van der Waals surface area contributed by atoms with Crippen molar-refractivity contribution in [3.8, 4) is 0 Å². The van der Waals surface area contributed by atoms with Gasteiger partial charge in [0.15, 0.2) is 20.1 Å². The Bertz CT molecular complexity index is 5220. The molecule has 2 N–H and O–H groups in total. The Morgan fingerprint density at radius 3 is 0.806 bits per heavy atom. The lowest BCUT2D eigenvalue weighted by Gasteiger charge is -2.25. The molecule has 0 amide bonds. The van der Waals surface area contributed by atoms with Crippen molar-refractivity contribution in [2.45, 2.75) is 66.4 Å². The first-order valence-corrected chi connectivity index (χ1v) is 43.7. The Balaban J connectivity index is 0.000000279. The molecule has 0 fully saturated rings. The lowest BCUT2D eigenvalue weighted by molar-refractivity contribution is -0.352. The summed E-state index contributed by atoms with van der Waals surface area (Å²) < 4.78 is 156. The lowest BCUT2D eigenvalue weighted by atomic mass is 9.83. The first-order valence-electron chi connectivity index (χ1n) is 39.0. The van der Waals surface area contributed by atoms with E-state index >= 15 is 0 Å². The summed E-state index contributed by atoms with van der Waals surface area (Å²) in [6.07, 6.45) is 8.96. The van der Waals surface area contributed by atoms with Crippen molar-refractivity contribution in [3.05, 3.63) is 328 Å². The van der Waals surface area contributed by atoms with E-state index in [1.807, 2.05) is 36.4 Å². The predicted molar refractivity (Wildman–Crippen MR) is 475 cm³/mol. The van der Waals surface area contributed by atoms with Crippen LogP contribution in [0.1, 0.15) is 99.9 Å². The molecule has 0 saturated heterocycles. The average molecular weight is 1770 g/mol. The van der Waals surface area contributed by atoms with Crippen LogP contribution in [0, 0.1) is 0 Å². The van der Waals surface area contributed by atoms with Gasteiger partial charge in [-0.1, -0.05) is 148 Å². The number of carbonyl (C=O) groups is 4. The van der Waals surface area contributed by atoms with Crippen molar-refractivity contribution >= 4 is 122 Å². The van der Waals surface area contributed by atoms with Crippen LogP contribution in [-0.4, -0.2) is 161 Å². The summed E-state index contributed by atoms with van der Waals surface area (Å²) in [6.45, 7) is 36.2. The zero-order chi connectivity index (χ0) is 91.3. The highest BCUT2D eigenvalue weighted by atomic mass is 32.3. The maximum atomic E-state index is 11.9. The Hall–Kier alpha value is -12.6. The minimum Gasteiger partial charge on any atom is -0.741 e. The zero-order valence-electron chi connectivity index (χ0n) is 70.1. The largest absolute Gasteiger partial charge is 0.741 e. The molecule has 0 aliphatic heterocycles. The second kappa shape index (κ2) is 45.5. The number of halogens is 6. The summed E-state index contributed by atoms with van der Waals surface area (Å²) in [6, 6.07) is 71.8. The highest BCUT2D eigenvalue weighted by Gasteiger charge is 2.40. The summed E-state index contributed by atoms with van der Waals surface area (Å²) >= 11 is 0. The van der Waals surface area contributed by atoms with Gasteiger partial charge in [-0.3, -0.25) is 0 Å². The van der Waals surface area contributed by atoms with Gasteiger partial charge in [-0.05, 0) is 184 Å². The van der Waals surface area contributed by atoms with Crippen LogP contribution in [0.4, 0.5) is 60.5 Å². The van der Waals surface area contributed by atoms with Crippen molar-refractivity contribution in [2.24, 2.45) is 0 Å². The molecule has 31 heteroatoms. The predicted octanol–water partition coefficient (Wildman–Crippen LogP) is 14.8. The molecule has 2 aliphatic carbocycles. The molecule has 0 spiro atoms. The molecule has 22 nitrogen and oxygen atoms in total. The molecule has 656 valence electrons. The van der Waals surface area contributed by atoms with E-state index in [9.17, 15) is 62.4 Å². The molecule has 0 bridgehead atoms. The van der Waals surface area contributed by atoms with Crippen LogP contribution in [0.2, 0.25) is 0 Å². The average Bonchev–Trinajstić information content (AvgIpc) is 0.768. The van der Waals surface area contributed by atoms with Crippen molar-refractivity contribution in [2.75, 3.05) is 105 Å². The number of para-hydroxylation sites is 2. The molecule has 0 heterocycles. The van der Waals surface area contributed by atoms with E-state index in [1.54, 1.807) is 31.8 Å². The van der Waals surface area contributed by atoms with E-state index in [4.69, 9.17) is 31.9 Å². The number of carbonyl (C=O) groups excluding carboxylic acids is 4. The molecular weight excluding hydrogens is 1670 g/mol. The van der Waals surface area contributed by atoms with E-state index in [0.717, 1.165) is 139 Å². The normalized spacial score (nSPS) is 12.8. The maximum Gasteiger partial charge on any atom is 0.485 e. The Morgan fingerprint density at radius 1 is 0.371 bits per heavy atom. The van der Waals surface area contributed by atoms with Gasteiger partial charge < -0.3 is 47.2 Å². The van der Waals surface area contributed by atoms with Gasteiger partial charge in [0, 0.05) is 114 Å². The summed E-state index contributed by atoms with van der Waals surface area (Å²) in [5.74, 6) is -1.49. The van der Waals surface area contributed by atoms with Gasteiger partial charge in [-0.2, -0.15) is 26.3 Å².